The molecule has 128 valence electrons. The summed E-state index contributed by atoms with van der Waals surface area (Å²) in [5.41, 5.74) is 0.754. The Morgan fingerprint density at radius 2 is 2.08 bits per heavy atom. The summed E-state index contributed by atoms with van der Waals surface area (Å²) < 4.78 is 11.2. The van der Waals surface area contributed by atoms with Gasteiger partial charge in [-0.2, -0.15) is 0 Å². The number of ether oxygens (including phenoxy) is 1. The number of morpholine rings is 1. The van der Waals surface area contributed by atoms with Gasteiger partial charge in [-0.3, -0.25) is 4.79 Å². The zero-order chi connectivity index (χ0) is 17.1. The summed E-state index contributed by atoms with van der Waals surface area (Å²) in [6, 6.07) is 7.19. The Bertz CT molecular complexity index is 714. The molecule has 1 aliphatic heterocycles. The molecule has 2 aromatic rings. The van der Waals surface area contributed by atoms with Gasteiger partial charge in [0.1, 0.15) is 0 Å². The summed E-state index contributed by atoms with van der Waals surface area (Å²) in [5, 5.41) is 8.95. The molecule has 1 amide bonds. The fourth-order valence-electron chi connectivity index (χ4n) is 2.60. The third kappa shape index (κ3) is 4.28. The molecule has 1 saturated heterocycles. The van der Waals surface area contributed by atoms with Crippen LogP contribution < -0.4 is 0 Å². The van der Waals surface area contributed by atoms with Crippen molar-refractivity contribution in [3.05, 3.63) is 29.3 Å². The van der Waals surface area contributed by atoms with Gasteiger partial charge < -0.3 is 14.1 Å². The number of nitrogens with zero attached hydrogens (tertiary/aromatic N) is 3. The molecule has 0 saturated carbocycles. The van der Waals surface area contributed by atoms with Crippen molar-refractivity contribution in [3.8, 4) is 11.5 Å². The molecule has 2 heterocycles. The Labute approximate surface area is 149 Å². The molecule has 1 aromatic heterocycles. The molecule has 2 atom stereocenters. The molecule has 24 heavy (non-hydrogen) atoms. The number of carbonyl (C=O) groups excluding carboxylic acids is 1. The van der Waals surface area contributed by atoms with E-state index >= 15 is 0 Å². The van der Waals surface area contributed by atoms with E-state index in [1.807, 2.05) is 30.9 Å². The van der Waals surface area contributed by atoms with Crippen LogP contribution >= 0.6 is 23.4 Å². The predicted molar refractivity (Wildman–Crippen MR) is 92.1 cm³/mol. The van der Waals surface area contributed by atoms with E-state index < -0.39 is 0 Å². The van der Waals surface area contributed by atoms with Crippen LogP contribution in [0.1, 0.15) is 13.8 Å². The quantitative estimate of drug-likeness (QED) is 0.773. The summed E-state index contributed by atoms with van der Waals surface area (Å²) in [7, 11) is 0. The van der Waals surface area contributed by atoms with Crippen LogP contribution in [0.4, 0.5) is 0 Å². The number of thioether (sulfide) groups is 1. The van der Waals surface area contributed by atoms with Gasteiger partial charge in [0.2, 0.25) is 11.8 Å². The van der Waals surface area contributed by atoms with E-state index in [1.54, 1.807) is 12.1 Å². The molecule has 1 aromatic carbocycles. The molecule has 0 spiro atoms. The van der Waals surface area contributed by atoms with Crippen molar-refractivity contribution in [2.45, 2.75) is 31.3 Å². The summed E-state index contributed by atoms with van der Waals surface area (Å²) in [6.45, 7) is 5.17. The highest BCUT2D eigenvalue weighted by atomic mass is 35.5. The summed E-state index contributed by atoms with van der Waals surface area (Å²) in [6.07, 6.45) is 0.112. The number of hydrogen-bond donors (Lipinski definition) is 0. The third-order valence-corrected chi connectivity index (χ3v) is 4.61. The lowest BCUT2D eigenvalue weighted by Gasteiger charge is -2.35. The van der Waals surface area contributed by atoms with Gasteiger partial charge in [0.25, 0.3) is 5.22 Å². The van der Waals surface area contributed by atoms with E-state index in [1.165, 1.54) is 11.8 Å². The summed E-state index contributed by atoms with van der Waals surface area (Å²) in [5.74, 6) is 0.696. The lowest BCUT2D eigenvalue weighted by Crippen LogP contribution is -2.48. The van der Waals surface area contributed by atoms with Crippen LogP contribution in [0.3, 0.4) is 0 Å². The molecule has 6 nitrogen and oxygen atoms in total. The predicted octanol–water partition coefficient (Wildman–Crippen LogP) is 3.12. The van der Waals surface area contributed by atoms with E-state index in [0.29, 0.717) is 29.2 Å². The first-order chi connectivity index (χ1) is 11.5. The van der Waals surface area contributed by atoms with Crippen molar-refractivity contribution in [2.24, 2.45) is 0 Å². The largest absolute Gasteiger partial charge is 0.411 e. The fourth-order valence-corrected chi connectivity index (χ4v) is 3.46. The maximum Gasteiger partial charge on any atom is 0.277 e. The van der Waals surface area contributed by atoms with Crippen LogP contribution in [0.15, 0.2) is 33.9 Å². The smallest absolute Gasteiger partial charge is 0.277 e. The molecular formula is C16H18ClN3O3S. The van der Waals surface area contributed by atoms with Crippen molar-refractivity contribution in [2.75, 3.05) is 18.8 Å². The van der Waals surface area contributed by atoms with Crippen molar-refractivity contribution < 1.29 is 13.9 Å². The number of rotatable bonds is 4. The van der Waals surface area contributed by atoms with E-state index in [4.69, 9.17) is 20.8 Å². The van der Waals surface area contributed by atoms with Crippen LogP contribution in [0.2, 0.25) is 5.02 Å². The minimum Gasteiger partial charge on any atom is -0.411 e. The Kier molecular flexibility index (Phi) is 5.43. The first kappa shape index (κ1) is 17.3. The number of benzene rings is 1. The highest BCUT2D eigenvalue weighted by Gasteiger charge is 2.26. The third-order valence-electron chi connectivity index (χ3n) is 3.57. The van der Waals surface area contributed by atoms with Crippen molar-refractivity contribution in [1.29, 1.82) is 0 Å². The minimum atomic E-state index is 0.0458. The molecule has 8 heteroatoms. The van der Waals surface area contributed by atoms with Crippen molar-refractivity contribution in [3.63, 3.8) is 0 Å². The van der Waals surface area contributed by atoms with Gasteiger partial charge in [0.05, 0.1) is 18.0 Å². The second-order valence-electron chi connectivity index (χ2n) is 5.73. The Hall–Kier alpha value is -1.57. The van der Waals surface area contributed by atoms with Crippen molar-refractivity contribution in [1.82, 2.24) is 15.1 Å². The number of amides is 1. The van der Waals surface area contributed by atoms with Crippen molar-refractivity contribution >= 4 is 29.3 Å². The number of halogens is 1. The van der Waals surface area contributed by atoms with E-state index in [-0.39, 0.29) is 23.9 Å². The molecule has 3 rings (SSSR count). The molecule has 0 unspecified atom stereocenters. The average Bonchev–Trinajstić information content (AvgIpc) is 3.00. The fraction of sp³-hybridized carbons (Fsp3) is 0.438. The number of hydrogen-bond acceptors (Lipinski definition) is 6. The van der Waals surface area contributed by atoms with Crippen LogP contribution in [0.5, 0.6) is 0 Å². The molecule has 1 fully saturated rings. The Balaban J connectivity index is 1.58. The van der Waals surface area contributed by atoms with Gasteiger partial charge >= 0.3 is 0 Å². The second kappa shape index (κ2) is 7.55. The first-order valence-electron chi connectivity index (χ1n) is 7.66. The summed E-state index contributed by atoms with van der Waals surface area (Å²) >= 11 is 7.20. The van der Waals surface area contributed by atoms with Gasteiger partial charge in [-0.15, -0.1) is 10.2 Å². The maximum absolute atomic E-state index is 12.3. The first-order valence-corrected chi connectivity index (χ1v) is 9.03. The molecule has 0 radical (unpaired) electrons. The Morgan fingerprint density at radius 3 is 2.79 bits per heavy atom. The standard InChI is InChI=1S/C16H18ClN3O3S/c1-10-7-20(8-11(2)22-10)14(21)9-24-16-19-18-15(23-16)12-4-3-5-13(17)6-12/h3-6,10-11H,7-9H2,1-2H3/t10-,11+. The van der Waals surface area contributed by atoms with Gasteiger partial charge in [-0.05, 0) is 32.0 Å². The Morgan fingerprint density at radius 1 is 1.33 bits per heavy atom. The van der Waals surface area contributed by atoms with Gasteiger partial charge in [0, 0.05) is 23.7 Å². The SMILES string of the molecule is C[C@@H]1CN(C(=O)CSc2nnc(-c3cccc(Cl)c3)o2)C[C@H](C)O1. The minimum absolute atomic E-state index is 0.0458. The molecule has 0 aliphatic carbocycles. The van der Waals surface area contributed by atoms with Gasteiger partial charge in [-0.25, -0.2) is 0 Å². The second-order valence-corrected chi connectivity index (χ2v) is 7.09. The zero-order valence-corrected chi connectivity index (χ0v) is 15.0. The molecule has 0 bridgehead atoms. The lowest BCUT2D eigenvalue weighted by molar-refractivity contribution is -0.140. The van der Waals surface area contributed by atoms with E-state index in [2.05, 4.69) is 10.2 Å². The van der Waals surface area contributed by atoms with Crippen LogP contribution in [0.25, 0.3) is 11.5 Å². The highest BCUT2D eigenvalue weighted by Crippen LogP contribution is 2.25. The average molecular weight is 368 g/mol. The number of carbonyl (C=O) groups is 1. The van der Waals surface area contributed by atoms with Gasteiger partial charge in [0.15, 0.2) is 0 Å². The number of aromatic nitrogens is 2. The van der Waals surface area contributed by atoms with Gasteiger partial charge in [-0.1, -0.05) is 29.4 Å². The van der Waals surface area contributed by atoms with E-state index in [0.717, 1.165) is 5.56 Å². The monoisotopic (exact) mass is 367 g/mol. The zero-order valence-electron chi connectivity index (χ0n) is 13.4. The lowest BCUT2D eigenvalue weighted by atomic mass is 10.2. The normalized spacial score (nSPS) is 21.0. The molecular weight excluding hydrogens is 350 g/mol. The van der Waals surface area contributed by atoms with Crippen LogP contribution in [-0.4, -0.2) is 52.1 Å². The molecule has 0 N–H and O–H groups in total. The highest BCUT2D eigenvalue weighted by molar-refractivity contribution is 7.99. The van der Waals surface area contributed by atoms with Crippen LogP contribution in [-0.2, 0) is 9.53 Å². The summed E-state index contributed by atoms with van der Waals surface area (Å²) in [4.78, 5) is 14.1. The maximum atomic E-state index is 12.3. The topological polar surface area (TPSA) is 68.5 Å². The molecule has 1 aliphatic rings. The van der Waals surface area contributed by atoms with Crippen LogP contribution in [0, 0.1) is 0 Å². The van der Waals surface area contributed by atoms with E-state index in [9.17, 15) is 4.79 Å².